The van der Waals surface area contributed by atoms with Gasteiger partial charge in [-0.15, -0.1) is 0 Å². The molecule has 0 rings (SSSR count). The average molecular weight is 199 g/mol. The van der Waals surface area contributed by atoms with Crippen LogP contribution in [0, 0.1) is 0 Å². The Hall–Kier alpha value is -0.190. The topological polar surface area (TPSA) is 72.5 Å². The van der Waals surface area contributed by atoms with Gasteiger partial charge in [0, 0.05) is 15.2 Å². The van der Waals surface area contributed by atoms with Crippen molar-refractivity contribution in [2.24, 2.45) is 0 Å². The molecule has 1 unspecified atom stereocenters. The van der Waals surface area contributed by atoms with Crippen molar-refractivity contribution in [2.45, 2.75) is 6.92 Å². The minimum absolute atomic E-state index is 0.0444. The molecular weight excluding hydrogens is 189 g/mol. The third-order valence-corrected chi connectivity index (χ3v) is 2.66. The Kier molecular flexibility index (Phi) is 4.56. The molecule has 1 atom stereocenters. The molecule has 0 saturated carbocycles. The summed E-state index contributed by atoms with van der Waals surface area (Å²) in [6, 6.07) is 0. The van der Waals surface area contributed by atoms with Gasteiger partial charge in [-0.3, -0.25) is 9.42 Å². The lowest BCUT2D eigenvalue weighted by Gasteiger charge is -2.00. The van der Waals surface area contributed by atoms with Gasteiger partial charge in [0.15, 0.2) is 9.84 Å². The van der Waals surface area contributed by atoms with Gasteiger partial charge in [0.25, 0.3) is 5.91 Å². The standard InChI is InChI=1S/C4H10NO4PS/c1-2-11(7,8)3-4(6)5-9-10/h2-3,10H2,1H3,(H,5,6). The monoisotopic (exact) mass is 199 g/mol. The summed E-state index contributed by atoms with van der Waals surface area (Å²) in [4.78, 5) is 10.6. The van der Waals surface area contributed by atoms with Gasteiger partial charge in [0.1, 0.15) is 5.75 Å². The Bertz CT molecular complexity index is 224. The van der Waals surface area contributed by atoms with Gasteiger partial charge in [-0.2, -0.15) is 0 Å². The molecule has 5 nitrogen and oxygen atoms in total. The fourth-order valence-corrected chi connectivity index (χ4v) is 1.19. The summed E-state index contributed by atoms with van der Waals surface area (Å²) in [5.74, 6) is -1.24. The number of sulfone groups is 1. The number of amides is 1. The van der Waals surface area contributed by atoms with Gasteiger partial charge >= 0.3 is 0 Å². The van der Waals surface area contributed by atoms with Crippen LogP contribution >= 0.6 is 9.47 Å². The largest absolute Gasteiger partial charge is 0.272 e. The number of carbonyl (C=O) groups excluding carboxylic acids is 1. The fourth-order valence-electron chi connectivity index (χ4n) is 0.397. The molecule has 0 heterocycles. The van der Waals surface area contributed by atoms with E-state index in [1.54, 1.807) is 9.47 Å². The van der Waals surface area contributed by atoms with Crippen LogP contribution in [-0.4, -0.2) is 25.8 Å². The van der Waals surface area contributed by atoms with Crippen LogP contribution in [0.2, 0.25) is 0 Å². The van der Waals surface area contributed by atoms with Gasteiger partial charge in [0.2, 0.25) is 0 Å². The van der Waals surface area contributed by atoms with Crippen LogP contribution in [0.5, 0.6) is 0 Å². The quantitative estimate of drug-likeness (QED) is 0.478. The first-order valence-electron chi connectivity index (χ1n) is 2.87. The molecule has 0 aliphatic carbocycles. The molecule has 0 aliphatic rings. The average Bonchev–Trinajstić information content (AvgIpc) is 1.87. The van der Waals surface area contributed by atoms with Crippen molar-refractivity contribution < 1.29 is 17.8 Å². The van der Waals surface area contributed by atoms with E-state index >= 15 is 0 Å². The Labute approximate surface area is 67.7 Å². The van der Waals surface area contributed by atoms with E-state index in [1.165, 1.54) is 6.92 Å². The molecule has 0 aromatic carbocycles. The van der Waals surface area contributed by atoms with Crippen molar-refractivity contribution >= 4 is 25.2 Å². The first kappa shape index (κ1) is 10.8. The Morgan fingerprint density at radius 3 is 2.55 bits per heavy atom. The number of carbonyl (C=O) groups is 1. The van der Waals surface area contributed by atoms with Crippen molar-refractivity contribution in [3.63, 3.8) is 0 Å². The summed E-state index contributed by atoms with van der Waals surface area (Å²) in [5.41, 5.74) is 1.88. The highest BCUT2D eigenvalue weighted by atomic mass is 32.2. The lowest BCUT2D eigenvalue weighted by atomic mass is 10.8. The minimum Gasteiger partial charge on any atom is -0.272 e. The highest BCUT2D eigenvalue weighted by Gasteiger charge is 2.13. The van der Waals surface area contributed by atoms with Crippen molar-refractivity contribution in [2.75, 3.05) is 11.5 Å². The second-order valence-electron chi connectivity index (χ2n) is 1.82. The Morgan fingerprint density at radius 2 is 2.18 bits per heavy atom. The number of nitrogens with one attached hydrogen (secondary N) is 1. The Morgan fingerprint density at radius 1 is 1.64 bits per heavy atom. The number of rotatable bonds is 4. The first-order chi connectivity index (χ1) is 5.02. The van der Waals surface area contributed by atoms with E-state index in [0.717, 1.165) is 0 Å². The first-order valence-corrected chi connectivity index (χ1v) is 5.16. The number of hydrogen-bond acceptors (Lipinski definition) is 4. The number of hydroxylamine groups is 1. The maximum absolute atomic E-state index is 10.8. The van der Waals surface area contributed by atoms with Crippen LogP contribution in [-0.2, 0) is 19.3 Å². The summed E-state index contributed by atoms with van der Waals surface area (Å²) < 4.78 is 25.7. The van der Waals surface area contributed by atoms with Crippen molar-refractivity contribution in [1.82, 2.24) is 5.48 Å². The van der Waals surface area contributed by atoms with Crippen molar-refractivity contribution in [3.8, 4) is 0 Å². The van der Waals surface area contributed by atoms with Crippen molar-refractivity contribution in [3.05, 3.63) is 0 Å². The molecule has 11 heavy (non-hydrogen) atoms. The summed E-state index contributed by atoms with van der Waals surface area (Å²) >= 11 is 0. The Balaban J connectivity index is 3.95. The molecule has 0 aromatic heterocycles. The van der Waals surface area contributed by atoms with Gasteiger partial charge in [0.05, 0.1) is 0 Å². The van der Waals surface area contributed by atoms with Gasteiger partial charge in [-0.1, -0.05) is 6.92 Å². The zero-order valence-electron chi connectivity index (χ0n) is 6.03. The normalized spacial score (nSPS) is 11.1. The maximum atomic E-state index is 10.8. The van der Waals surface area contributed by atoms with Crippen LogP contribution in [0.4, 0.5) is 0 Å². The van der Waals surface area contributed by atoms with E-state index in [2.05, 4.69) is 4.62 Å². The van der Waals surface area contributed by atoms with E-state index in [9.17, 15) is 13.2 Å². The van der Waals surface area contributed by atoms with Crippen LogP contribution < -0.4 is 5.48 Å². The second kappa shape index (κ2) is 4.64. The predicted molar refractivity (Wildman–Crippen MR) is 43.3 cm³/mol. The van der Waals surface area contributed by atoms with E-state index in [4.69, 9.17) is 0 Å². The molecule has 66 valence electrons. The lowest BCUT2D eigenvalue weighted by molar-refractivity contribution is -0.124. The summed E-state index contributed by atoms with van der Waals surface area (Å²) in [5, 5.41) is 0. The van der Waals surface area contributed by atoms with Gasteiger partial charge < -0.3 is 0 Å². The van der Waals surface area contributed by atoms with E-state index < -0.39 is 21.5 Å². The third-order valence-electron chi connectivity index (χ3n) is 0.964. The van der Waals surface area contributed by atoms with E-state index in [-0.39, 0.29) is 5.75 Å². The van der Waals surface area contributed by atoms with Crippen LogP contribution in [0.25, 0.3) is 0 Å². The van der Waals surface area contributed by atoms with Crippen LogP contribution in [0.3, 0.4) is 0 Å². The molecule has 7 heteroatoms. The van der Waals surface area contributed by atoms with Crippen LogP contribution in [0.15, 0.2) is 0 Å². The fraction of sp³-hybridized carbons (Fsp3) is 0.750. The predicted octanol–water partition coefficient (Wildman–Crippen LogP) is -0.741. The zero-order valence-corrected chi connectivity index (χ0v) is 8.00. The molecule has 0 saturated heterocycles. The van der Waals surface area contributed by atoms with E-state index in [0.29, 0.717) is 0 Å². The smallest absolute Gasteiger partial charge is 0.258 e. The maximum Gasteiger partial charge on any atom is 0.258 e. The highest BCUT2D eigenvalue weighted by molar-refractivity contribution is 7.92. The zero-order chi connectivity index (χ0) is 8.91. The molecule has 0 radical (unpaired) electrons. The summed E-state index contributed by atoms with van der Waals surface area (Å²) in [6.07, 6.45) is 0. The summed E-state index contributed by atoms with van der Waals surface area (Å²) in [6.45, 7) is 1.48. The lowest BCUT2D eigenvalue weighted by Crippen LogP contribution is -2.28. The van der Waals surface area contributed by atoms with Crippen molar-refractivity contribution in [1.29, 1.82) is 0 Å². The third kappa shape index (κ3) is 5.12. The molecular formula is C4H10NO4PS. The minimum atomic E-state index is -3.24. The second-order valence-corrected chi connectivity index (χ2v) is 4.41. The van der Waals surface area contributed by atoms with E-state index in [1.807, 2.05) is 5.48 Å². The molecule has 0 fully saturated rings. The van der Waals surface area contributed by atoms with Gasteiger partial charge in [-0.05, 0) is 0 Å². The molecule has 1 amide bonds. The van der Waals surface area contributed by atoms with Crippen LogP contribution in [0.1, 0.15) is 6.92 Å². The summed E-state index contributed by atoms with van der Waals surface area (Å²) in [7, 11) is -1.46. The number of hydrogen-bond donors (Lipinski definition) is 1. The van der Waals surface area contributed by atoms with Gasteiger partial charge in [-0.25, -0.2) is 13.9 Å². The molecule has 0 aliphatic heterocycles. The molecule has 0 bridgehead atoms. The highest BCUT2D eigenvalue weighted by Crippen LogP contribution is 1.89. The molecule has 0 aromatic rings. The molecule has 1 N–H and O–H groups in total. The SMILES string of the molecule is CCS(=O)(=O)CC(=O)NOP. The molecule has 0 spiro atoms.